The number of halogens is 1. The smallest absolute Gasteiger partial charge is 0.286 e. The Bertz CT molecular complexity index is 540. The molecule has 1 aliphatic heterocycles. The van der Waals surface area contributed by atoms with E-state index >= 15 is 0 Å². The number of anilines is 1. The Morgan fingerprint density at radius 2 is 2.12 bits per heavy atom. The van der Waals surface area contributed by atoms with E-state index < -0.39 is 10.0 Å². The molecule has 4 nitrogen and oxygen atoms in total. The predicted molar refractivity (Wildman–Crippen MR) is 67.7 cm³/mol. The molecule has 1 heterocycles. The van der Waals surface area contributed by atoms with Crippen molar-refractivity contribution >= 4 is 37.5 Å². The first kappa shape index (κ1) is 11.6. The number of hydrogen-bond acceptors (Lipinski definition) is 3. The number of alkyl halides is 1. The van der Waals surface area contributed by atoms with Crippen LogP contribution in [0.15, 0.2) is 33.6 Å². The topological polar surface area (TPSA) is 58.5 Å². The summed E-state index contributed by atoms with van der Waals surface area (Å²) >= 11 is 3.38. The Hall–Kier alpha value is -0.880. The third kappa shape index (κ3) is 1.99. The minimum atomic E-state index is -3.55. The Morgan fingerprint density at radius 3 is 2.81 bits per heavy atom. The van der Waals surface area contributed by atoms with Gasteiger partial charge in [-0.2, -0.15) is 8.42 Å². The molecule has 0 unspecified atom stereocenters. The Labute approximate surface area is 103 Å². The minimum absolute atomic E-state index is 0.0735. The Kier molecular flexibility index (Phi) is 3.03. The van der Waals surface area contributed by atoms with Crippen molar-refractivity contribution < 1.29 is 8.42 Å². The lowest BCUT2D eigenvalue weighted by Gasteiger charge is -2.20. The van der Waals surface area contributed by atoms with Gasteiger partial charge in [-0.15, -0.1) is 4.40 Å². The van der Waals surface area contributed by atoms with E-state index in [9.17, 15) is 8.42 Å². The van der Waals surface area contributed by atoms with Gasteiger partial charge in [0.2, 0.25) is 0 Å². The van der Waals surface area contributed by atoms with E-state index in [1.54, 1.807) is 24.3 Å². The number of hydrogen-bond donors (Lipinski definition) is 1. The van der Waals surface area contributed by atoms with Gasteiger partial charge in [-0.1, -0.05) is 35.0 Å². The van der Waals surface area contributed by atoms with E-state index in [0.717, 1.165) is 6.42 Å². The van der Waals surface area contributed by atoms with Crippen molar-refractivity contribution in [3.05, 3.63) is 24.3 Å². The molecule has 0 aliphatic carbocycles. The van der Waals surface area contributed by atoms with Crippen LogP contribution in [0.4, 0.5) is 5.69 Å². The standard InChI is InChI=1S/C10H11BrN2O2S/c1-2-7(11)10-12-8-5-3-4-6-9(8)16(14,15)13-10/h3-7H,2H2,1H3,(H,12,13)/t7-/m1/s1. The predicted octanol–water partition coefficient (Wildman–Crippen LogP) is 2.37. The third-order valence-electron chi connectivity index (χ3n) is 2.30. The summed E-state index contributed by atoms with van der Waals surface area (Å²) in [7, 11) is -3.55. The Balaban J connectivity index is 2.52. The van der Waals surface area contributed by atoms with E-state index in [2.05, 4.69) is 25.6 Å². The van der Waals surface area contributed by atoms with Crippen LogP contribution < -0.4 is 5.32 Å². The van der Waals surface area contributed by atoms with Gasteiger partial charge in [-0.05, 0) is 18.6 Å². The van der Waals surface area contributed by atoms with Crippen molar-refractivity contribution in [3.8, 4) is 0 Å². The molecule has 1 aliphatic rings. The number of para-hydroxylation sites is 1. The van der Waals surface area contributed by atoms with Crippen LogP contribution in [-0.2, 0) is 10.0 Å². The normalized spacial score (nSPS) is 19.2. The highest BCUT2D eigenvalue weighted by molar-refractivity contribution is 9.10. The van der Waals surface area contributed by atoms with Crippen LogP contribution in [0, 0.1) is 0 Å². The van der Waals surface area contributed by atoms with E-state index in [0.29, 0.717) is 11.5 Å². The van der Waals surface area contributed by atoms with Crippen molar-refractivity contribution in [2.24, 2.45) is 4.40 Å². The molecule has 0 spiro atoms. The summed E-state index contributed by atoms with van der Waals surface area (Å²) in [5, 5.41) is 3.03. The van der Waals surface area contributed by atoms with Crippen molar-refractivity contribution in [3.63, 3.8) is 0 Å². The molecular weight excluding hydrogens is 292 g/mol. The molecule has 16 heavy (non-hydrogen) atoms. The SMILES string of the molecule is CC[C@@H](Br)C1=NS(=O)(=O)c2ccccc2N1. The Morgan fingerprint density at radius 1 is 1.44 bits per heavy atom. The second-order valence-corrected chi connectivity index (χ2v) is 6.13. The van der Waals surface area contributed by atoms with E-state index in [1.165, 1.54) is 0 Å². The lowest BCUT2D eigenvalue weighted by atomic mass is 10.2. The number of amidine groups is 1. The van der Waals surface area contributed by atoms with Crippen LogP contribution in [0.3, 0.4) is 0 Å². The largest absolute Gasteiger partial charge is 0.341 e. The second-order valence-electron chi connectivity index (χ2n) is 3.45. The summed E-state index contributed by atoms with van der Waals surface area (Å²) < 4.78 is 27.5. The molecule has 0 radical (unpaired) electrons. The average Bonchev–Trinajstić information content (AvgIpc) is 2.27. The fourth-order valence-corrected chi connectivity index (χ4v) is 2.99. The van der Waals surface area contributed by atoms with E-state index in [-0.39, 0.29) is 9.72 Å². The lowest BCUT2D eigenvalue weighted by molar-refractivity contribution is 0.597. The lowest BCUT2D eigenvalue weighted by Crippen LogP contribution is -2.28. The fourth-order valence-electron chi connectivity index (χ4n) is 1.46. The van der Waals surface area contributed by atoms with Crippen molar-refractivity contribution in [2.75, 3.05) is 5.32 Å². The van der Waals surface area contributed by atoms with Gasteiger partial charge in [-0.3, -0.25) is 0 Å². The minimum Gasteiger partial charge on any atom is -0.341 e. The van der Waals surface area contributed by atoms with Gasteiger partial charge in [-0.25, -0.2) is 0 Å². The van der Waals surface area contributed by atoms with Crippen molar-refractivity contribution in [1.29, 1.82) is 0 Å². The highest BCUT2D eigenvalue weighted by Gasteiger charge is 2.26. The molecule has 1 N–H and O–H groups in total. The van der Waals surface area contributed by atoms with Gasteiger partial charge in [0.15, 0.2) is 0 Å². The molecular formula is C10H11BrN2O2S. The number of nitrogens with zero attached hydrogens (tertiary/aromatic N) is 1. The van der Waals surface area contributed by atoms with Crippen molar-refractivity contribution in [2.45, 2.75) is 23.1 Å². The highest BCUT2D eigenvalue weighted by atomic mass is 79.9. The summed E-state index contributed by atoms with van der Waals surface area (Å²) in [6.45, 7) is 1.96. The fraction of sp³-hybridized carbons (Fsp3) is 0.300. The molecule has 0 aromatic heterocycles. The first-order valence-corrected chi connectivity index (χ1v) is 7.25. The number of sulfonamides is 1. The number of benzene rings is 1. The van der Waals surface area contributed by atoms with Gasteiger partial charge < -0.3 is 5.32 Å². The van der Waals surface area contributed by atoms with Crippen LogP contribution in [0.2, 0.25) is 0 Å². The maximum absolute atomic E-state index is 11.9. The van der Waals surface area contributed by atoms with Gasteiger partial charge in [0.25, 0.3) is 10.0 Å². The van der Waals surface area contributed by atoms with Gasteiger partial charge in [0.05, 0.1) is 10.5 Å². The number of nitrogens with one attached hydrogen (secondary N) is 1. The number of fused-ring (bicyclic) bond motifs is 1. The van der Waals surface area contributed by atoms with Crippen LogP contribution >= 0.6 is 15.9 Å². The molecule has 2 rings (SSSR count). The van der Waals surface area contributed by atoms with Gasteiger partial charge >= 0.3 is 0 Å². The molecule has 0 saturated heterocycles. The molecule has 86 valence electrons. The van der Waals surface area contributed by atoms with Gasteiger partial charge in [0, 0.05) is 0 Å². The number of rotatable bonds is 2. The summed E-state index contributed by atoms with van der Waals surface area (Å²) in [5.74, 6) is 0.446. The molecule has 0 bridgehead atoms. The molecule has 6 heteroatoms. The average molecular weight is 303 g/mol. The van der Waals surface area contributed by atoms with E-state index in [4.69, 9.17) is 0 Å². The first-order valence-electron chi connectivity index (χ1n) is 4.89. The molecule has 0 amide bonds. The van der Waals surface area contributed by atoms with Crippen LogP contribution in [0.25, 0.3) is 0 Å². The summed E-state index contributed by atoms with van der Waals surface area (Å²) in [4.78, 5) is 0.158. The first-order chi connectivity index (χ1) is 7.54. The maximum atomic E-state index is 11.9. The summed E-state index contributed by atoms with van der Waals surface area (Å²) in [5.41, 5.74) is 0.588. The quantitative estimate of drug-likeness (QED) is 0.853. The second kappa shape index (κ2) is 4.18. The molecule has 0 fully saturated rings. The zero-order chi connectivity index (χ0) is 11.8. The van der Waals surface area contributed by atoms with Gasteiger partial charge in [0.1, 0.15) is 10.7 Å². The van der Waals surface area contributed by atoms with Crippen LogP contribution in [0.1, 0.15) is 13.3 Å². The van der Waals surface area contributed by atoms with Crippen molar-refractivity contribution in [1.82, 2.24) is 0 Å². The summed E-state index contributed by atoms with van der Waals surface area (Å²) in [6, 6.07) is 6.76. The van der Waals surface area contributed by atoms with Crippen LogP contribution in [0.5, 0.6) is 0 Å². The highest BCUT2D eigenvalue weighted by Crippen LogP contribution is 2.28. The monoisotopic (exact) mass is 302 g/mol. The molecule has 1 aromatic carbocycles. The molecule has 0 saturated carbocycles. The zero-order valence-electron chi connectivity index (χ0n) is 8.64. The summed E-state index contributed by atoms with van der Waals surface area (Å²) in [6.07, 6.45) is 0.767. The van der Waals surface area contributed by atoms with E-state index in [1.807, 2.05) is 6.92 Å². The molecule has 1 atom stereocenters. The third-order valence-corrected chi connectivity index (χ3v) is 4.73. The molecule has 1 aromatic rings. The maximum Gasteiger partial charge on any atom is 0.286 e. The van der Waals surface area contributed by atoms with Crippen LogP contribution in [-0.4, -0.2) is 19.1 Å². The zero-order valence-corrected chi connectivity index (χ0v) is 11.0.